The van der Waals surface area contributed by atoms with Crippen LogP contribution in [0.5, 0.6) is 0 Å². The summed E-state index contributed by atoms with van der Waals surface area (Å²) < 4.78 is 2.03. The van der Waals surface area contributed by atoms with Gasteiger partial charge in [0.2, 0.25) is 0 Å². The van der Waals surface area contributed by atoms with Crippen LogP contribution in [-0.2, 0) is 6.54 Å². The topological polar surface area (TPSA) is 36.3 Å². The van der Waals surface area contributed by atoms with Gasteiger partial charge in [-0.1, -0.05) is 18.2 Å². The Labute approximate surface area is 165 Å². The number of nitrogens with one attached hydrogen (secondary N) is 1. The zero-order valence-electron chi connectivity index (χ0n) is 15.8. The van der Waals surface area contributed by atoms with Crippen LogP contribution in [0.2, 0.25) is 0 Å². The Balaban J connectivity index is 1.35. The molecule has 1 aliphatic heterocycles. The predicted molar refractivity (Wildman–Crippen MR) is 111 cm³/mol. The smallest absolute Gasteiger partial charge is 0.0991 e. The number of hydrogen-bond acceptors (Lipinski definition) is 5. The molecule has 1 fully saturated rings. The van der Waals surface area contributed by atoms with Crippen LogP contribution in [0.4, 0.5) is 0 Å². The average Bonchev–Trinajstić information content (AvgIpc) is 3.41. The molecule has 27 heavy (non-hydrogen) atoms. The van der Waals surface area contributed by atoms with E-state index in [1.54, 1.807) is 6.20 Å². The molecule has 0 aliphatic carbocycles. The van der Waals surface area contributed by atoms with Crippen molar-refractivity contribution >= 4 is 11.3 Å². The van der Waals surface area contributed by atoms with Crippen LogP contribution in [0.3, 0.4) is 0 Å². The highest BCUT2D eigenvalue weighted by atomic mass is 32.1. The van der Waals surface area contributed by atoms with Gasteiger partial charge in [0.15, 0.2) is 0 Å². The van der Waals surface area contributed by atoms with Crippen molar-refractivity contribution in [2.24, 2.45) is 0 Å². The highest BCUT2D eigenvalue weighted by molar-refractivity contribution is 7.10. The van der Waals surface area contributed by atoms with Crippen LogP contribution in [0.25, 0.3) is 5.69 Å². The van der Waals surface area contributed by atoms with Crippen LogP contribution in [-0.4, -0.2) is 59.1 Å². The van der Waals surface area contributed by atoms with Crippen LogP contribution in [0.1, 0.15) is 16.5 Å². The Morgan fingerprint density at radius 1 is 1.11 bits per heavy atom. The van der Waals surface area contributed by atoms with E-state index in [1.165, 1.54) is 10.4 Å². The lowest BCUT2D eigenvalue weighted by molar-refractivity contribution is 0.111. The van der Waals surface area contributed by atoms with Gasteiger partial charge in [0.05, 0.1) is 12.4 Å². The van der Waals surface area contributed by atoms with E-state index in [0.29, 0.717) is 6.04 Å². The summed E-state index contributed by atoms with van der Waals surface area (Å²) in [5.74, 6) is 0. The lowest BCUT2D eigenvalue weighted by atomic mass is 10.1. The van der Waals surface area contributed by atoms with Gasteiger partial charge in [0.1, 0.15) is 0 Å². The van der Waals surface area contributed by atoms with E-state index in [2.05, 4.69) is 68.9 Å². The minimum atomic E-state index is 0.462. The van der Waals surface area contributed by atoms with Gasteiger partial charge >= 0.3 is 0 Å². The number of likely N-dealkylation sites (N-methyl/N-ethyl adjacent to an activating group) is 1. The summed E-state index contributed by atoms with van der Waals surface area (Å²) >= 11 is 1.87. The summed E-state index contributed by atoms with van der Waals surface area (Å²) in [6, 6.07) is 13.6. The quantitative estimate of drug-likeness (QED) is 0.683. The molecule has 0 unspecified atom stereocenters. The molecule has 0 radical (unpaired) electrons. The van der Waals surface area contributed by atoms with Gasteiger partial charge in [-0.05, 0) is 36.2 Å². The normalized spacial score (nSPS) is 17.2. The van der Waals surface area contributed by atoms with Crippen molar-refractivity contribution in [3.63, 3.8) is 0 Å². The van der Waals surface area contributed by atoms with Crippen molar-refractivity contribution < 1.29 is 0 Å². The third-order valence-electron chi connectivity index (χ3n) is 5.26. The van der Waals surface area contributed by atoms with Gasteiger partial charge in [-0.15, -0.1) is 11.3 Å². The summed E-state index contributed by atoms with van der Waals surface area (Å²) in [4.78, 5) is 10.6. The van der Waals surface area contributed by atoms with E-state index in [4.69, 9.17) is 0 Å². The third-order valence-corrected chi connectivity index (χ3v) is 6.23. The Morgan fingerprint density at radius 3 is 2.59 bits per heavy atom. The predicted octanol–water partition coefficient (Wildman–Crippen LogP) is 3.01. The molecule has 0 spiro atoms. The van der Waals surface area contributed by atoms with Crippen molar-refractivity contribution in [1.29, 1.82) is 0 Å². The maximum atomic E-state index is 4.11. The van der Waals surface area contributed by atoms with Gasteiger partial charge in [0.25, 0.3) is 0 Å². The van der Waals surface area contributed by atoms with Crippen molar-refractivity contribution in [2.45, 2.75) is 12.6 Å². The molecular formula is C21H27N5S. The van der Waals surface area contributed by atoms with Gasteiger partial charge in [0, 0.05) is 62.2 Å². The number of piperazine rings is 1. The minimum Gasteiger partial charge on any atom is -0.311 e. The van der Waals surface area contributed by atoms with E-state index >= 15 is 0 Å². The molecule has 1 N–H and O–H groups in total. The van der Waals surface area contributed by atoms with Crippen molar-refractivity contribution in [2.75, 3.05) is 39.8 Å². The second kappa shape index (κ2) is 8.80. The second-order valence-corrected chi connectivity index (χ2v) is 8.12. The largest absolute Gasteiger partial charge is 0.311 e. The second-order valence-electron chi connectivity index (χ2n) is 7.14. The molecule has 0 saturated carbocycles. The molecule has 1 aliphatic rings. The number of aromatic nitrogens is 2. The number of hydrogen-bond donors (Lipinski definition) is 1. The third kappa shape index (κ3) is 4.65. The summed E-state index contributed by atoms with van der Waals surface area (Å²) in [5.41, 5.74) is 2.45. The molecule has 3 heterocycles. The van der Waals surface area contributed by atoms with E-state index in [-0.39, 0.29) is 0 Å². The van der Waals surface area contributed by atoms with E-state index in [0.717, 1.165) is 45.0 Å². The zero-order chi connectivity index (χ0) is 18.5. The van der Waals surface area contributed by atoms with Crippen LogP contribution < -0.4 is 5.32 Å². The fourth-order valence-corrected chi connectivity index (χ4v) is 4.44. The van der Waals surface area contributed by atoms with Crippen molar-refractivity contribution in [1.82, 2.24) is 24.7 Å². The highest BCUT2D eigenvalue weighted by Crippen LogP contribution is 2.25. The lowest BCUT2D eigenvalue weighted by Crippen LogP contribution is -2.47. The molecule has 0 amide bonds. The van der Waals surface area contributed by atoms with Gasteiger partial charge < -0.3 is 14.8 Å². The number of imidazole rings is 1. The fraction of sp³-hybridized carbons (Fsp3) is 0.381. The summed E-state index contributed by atoms with van der Waals surface area (Å²) in [5, 5.41) is 5.87. The maximum Gasteiger partial charge on any atom is 0.0991 e. The molecule has 2 aromatic heterocycles. The molecule has 1 aromatic carbocycles. The molecular weight excluding hydrogens is 354 g/mol. The van der Waals surface area contributed by atoms with Crippen molar-refractivity contribution in [3.05, 3.63) is 70.9 Å². The Kier molecular flexibility index (Phi) is 5.99. The Bertz CT molecular complexity index is 790. The molecule has 4 rings (SSSR count). The van der Waals surface area contributed by atoms with Crippen LogP contribution in [0, 0.1) is 0 Å². The lowest BCUT2D eigenvalue weighted by Gasteiger charge is -2.37. The zero-order valence-corrected chi connectivity index (χ0v) is 16.6. The average molecular weight is 382 g/mol. The summed E-state index contributed by atoms with van der Waals surface area (Å²) in [6.07, 6.45) is 5.60. The first-order valence-corrected chi connectivity index (χ1v) is 10.4. The summed E-state index contributed by atoms with van der Waals surface area (Å²) in [6.45, 7) is 6.45. The first-order chi connectivity index (χ1) is 13.3. The standard InChI is InChI=1S/C21H27N5S/c1-24-10-12-25(13-11-24)20(21-3-2-14-27-21)16-23-15-18-4-6-19(7-5-18)26-9-8-22-17-26/h2-9,14,17,20,23H,10-13,15-16H2,1H3/t20-/m0/s1. The number of thiophene rings is 1. The molecule has 0 bridgehead atoms. The highest BCUT2D eigenvalue weighted by Gasteiger charge is 2.24. The summed E-state index contributed by atoms with van der Waals surface area (Å²) in [7, 11) is 2.21. The maximum absolute atomic E-state index is 4.11. The van der Waals surface area contributed by atoms with E-state index in [9.17, 15) is 0 Å². The first kappa shape index (κ1) is 18.4. The van der Waals surface area contributed by atoms with E-state index in [1.807, 2.05) is 28.4 Å². The SMILES string of the molecule is CN1CCN([C@@H](CNCc2ccc(-n3ccnc3)cc2)c2cccs2)CC1. The monoisotopic (exact) mass is 381 g/mol. The Hall–Kier alpha value is -1.99. The van der Waals surface area contributed by atoms with Gasteiger partial charge in [-0.25, -0.2) is 4.98 Å². The molecule has 1 atom stereocenters. The molecule has 5 nitrogen and oxygen atoms in total. The van der Waals surface area contributed by atoms with E-state index < -0.39 is 0 Å². The molecule has 142 valence electrons. The fourth-order valence-electron chi connectivity index (χ4n) is 3.58. The molecule has 1 saturated heterocycles. The number of rotatable bonds is 7. The Morgan fingerprint density at radius 2 is 1.93 bits per heavy atom. The molecule has 3 aromatic rings. The minimum absolute atomic E-state index is 0.462. The van der Waals surface area contributed by atoms with Crippen LogP contribution >= 0.6 is 11.3 Å². The van der Waals surface area contributed by atoms with Gasteiger partial charge in [-0.2, -0.15) is 0 Å². The van der Waals surface area contributed by atoms with Gasteiger partial charge in [-0.3, -0.25) is 4.90 Å². The van der Waals surface area contributed by atoms with Crippen LogP contribution in [0.15, 0.2) is 60.5 Å². The van der Waals surface area contributed by atoms with Crippen molar-refractivity contribution in [3.8, 4) is 5.69 Å². The number of nitrogens with zero attached hydrogens (tertiary/aromatic N) is 4. The molecule has 6 heteroatoms. The first-order valence-electron chi connectivity index (χ1n) is 9.53. The number of benzene rings is 1.